The first kappa shape index (κ1) is 65.1. The topological polar surface area (TPSA) is 237 Å². The second-order valence-corrected chi connectivity index (χ2v) is 20.4. The van der Waals surface area contributed by atoms with Gasteiger partial charge in [0, 0.05) is 25.7 Å². The standard InChI is InChI=1S/C48H92O17P2/c1-5-9-13-16-17-18-19-20-21-22-23-24-25-27-31-35-48(53)65-44(39-58-45(50)32-29-15-11-7-3)41-63-67(56,57)61-37-42(49)36-60-66(54,55)62-40-43(64-47(52)34-28-12-8-4)38-59-46(51)33-30-26-14-10-6-2/h42-44,49H,5-41H2,1-4H3,(H,54,55)(H,56,57)/t42-,43+,44+/m0/s1. The van der Waals surface area contributed by atoms with Crippen molar-refractivity contribution in [2.75, 3.05) is 39.6 Å². The first-order valence-corrected chi connectivity index (χ1v) is 28.8. The molecule has 17 nitrogen and oxygen atoms in total. The van der Waals surface area contributed by atoms with Crippen molar-refractivity contribution in [1.82, 2.24) is 0 Å². The summed E-state index contributed by atoms with van der Waals surface area (Å²) in [7, 11) is -9.82. The third kappa shape index (κ3) is 43.8. The molecule has 0 radical (unpaired) electrons. The van der Waals surface area contributed by atoms with E-state index in [0.29, 0.717) is 25.7 Å². The summed E-state index contributed by atoms with van der Waals surface area (Å²) in [6.07, 6.45) is 24.3. The molecule has 0 aromatic heterocycles. The number of phosphoric acid groups is 2. The Labute approximate surface area is 403 Å². The van der Waals surface area contributed by atoms with Crippen LogP contribution in [0, 0.1) is 0 Å². The highest BCUT2D eigenvalue weighted by Gasteiger charge is 2.30. The van der Waals surface area contributed by atoms with Crippen LogP contribution in [0.3, 0.4) is 0 Å². The van der Waals surface area contributed by atoms with Crippen LogP contribution >= 0.6 is 15.6 Å². The third-order valence-corrected chi connectivity index (χ3v) is 12.8. The molecule has 67 heavy (non-hydrogen) atoms. The molecular formula is C48H92O17P2. The molecule has 2 unspecified atom stereocenters. The molecule has 0 aliphatic heterocycles. The molecule has 0 amide bonds. The number of rotatable bonds is 49. The molecule has 0 bridgehead atoms. The van der Waals surface area contributed by atoms with Gasteiger partial charge in [-0.25, -0.2) is 9.13 Å². The van der Waals surface area contributed by atoms with Gasteiger partial charge < -0.3 is 33.8 Å². The van der Waals surface area contributed by atoms with Crippen molar-refractivity contribution >= 4 is 39.5 Å². The number of esters is 4. The zero-order valence-corrected chi connectivity index (χ0v) is 43.6. The summed E-state index contributed by atoms with van der Waals surface area (Å²) in [6, 6.07) is 0. The number of carbonyl (C=O) groups excluding carboxylic acids is 4. The quantitative estimate of drug-likeness (QED) is 0.0222. The van der Waals surface area contributed by atoms with Crippen molar-refractivity contribution in [3.8, 4) is 0 Å². The van der Waals surface area contributed by atoms with Gasteiger partial charge in [0.15, 0.2) is 12.2 Å². The van der Waals surface area contributed by atoms with E-state index in [1.54, 1.807) is 0 Å². The van der Waals surface area contributed by atoms with E-state index < -0.39 is 97.5 Å². The van der Waals surface area contributed by atoms with Crippen LogP contribution in [0.15, 0.2) is 0 Å². The van der Waals surface area contributed by atoms with Crippen LogP contribution in [0.5, 0.6) is 0 Å². The number of carbonyl (C=O) groups is 4. The molecule has 5 atom stereocenters. The smallest absolute Gasteiger partial charge is 0.462 e. The highest BCUT2D eigenvalue weighted by molar-refractivity contribution is 7.47. The van der Waals surface area contributed by atoms with E-state index in [-0.39, 0.29) is 25.7 Å². The van der Waals surface area contributed by atoms with Crippen molar-refractivity contribution < 1.29 is 80.2 Å². The number of hydrogen-bond acceptors (Lipinski definition) is 15. The third-order valence-electron chi connectivity index (χ3n) is 10.9. The lowest BCUT2D eigenvalue weighted by molar-refractivity contribution is -0.161. The Morgan fingerprint density at radius 3 is 0.925 bits per heavy atom. The minimum atomic E-state index is -4.91. The van der Waals surface area contributed by atoms with Crippen molar-refractivity contribution in [3.05, 3.63) is 0 Å². The molecule has 0 aromatic rings. The van der Waals surface area contributed by atoms with Gasteiger partial charge in [-0.3, -0.25) is 37.3 Å². The Balaban J connectivity index is 4.95. The second kappa shape index (κ2) is 44.0. The summed E-state index contributed by atoms with van der Waals surface area (Å²) in [4.78, 5) is 70.3. The number of aliphatic hydroxyl groups is 1. The number of ether oxygens (including phenoxy) is 4. The zero-order valence-electron chi connectivity index (χ0n) is 41.8. The van der Waals surface area contributed by atoms with E-state index in [4.69, 9.17) is 37.0 Å². The maximum Gasteiger partial charge on any atom is 0.472 e. The van der Waals surface area contributed by atoms with Crippen LogP contribution in [0.25, 0.3) is 0 Å². The number of aliphatic hydroxyl groups excluding tert-OH is 1. The molecule has 0 aliphatic carbocycles. The van der Waals surface area contributed by atoms with E-state index in [2.05, 4.69) is 13.8 Å². The van der Waals surface area contributed by atoms with Crippen LogP contribution in [-0.4, -0.2) is 96.7 Å². The van der Waals surface area contributed by atoms with Gasteiger partial charge in [0.2, 0.25) is 0 Å². The molecule has 0 saturated heterocycles. The Morgan fingerprint density at radius 1 is 0.358 bits per heavy atom. The van der Waals surface area contributed by atoms with E-state index in [1.165, 1.54) is 64.2 Å². The summed E-state index contributed by atoms with van der Waals surface area (Å²) in [5, 5.41) is 10.3. The van der Waals surface area contributed by atoms with E-state index in [0.717, 1.165) is 83.5 Å². The Morgan fingerprint density at radius 2 is 0.597 bits per heavy atom. The van der Waals surface area contributed by atoms with Crippen LogP contribution in [-0.2, 0) is 65.4 Å². The predicted molar refractivity (Wildman–Crippen MR) is 257 cm³/mol. The average molecular weight is 1000 g/mol. The summed E-state index contributed by atoms with van der Waals surface area (Å²) < 4.78 is 66.4. The van der Waals surface area contributed by atoms with Crippen molar-refractivity contribution in [1.29, 1.82) is 0 Å². The van der Waals surface area contributed by atoms with E-state index in [1.807, 2.05) is 13.8 Å². The predicted octanol–water partition coefficient (Wildman–Crippen LogP) is 11.7. The van der Waals surface area contributed by atoms with Crippen molar-refractivity contribution in [2.24, 2.45) is 0 Å². The van der Waals surface area contributed by atoms with Gasteiger partial charge >= 0.3 is 39.5 Å². The molecule has 19 heteroatoms. The lowest BCUT2D eigenvalue weighted by atomic mass is 10.0. The molecule has 0 saturated carbocycles. The Bertz CT molecular complexity index is 1340. The Kier molecular flexibility index (Phi) is 42.8. The van der Waals surface area contributed by atoms with Gasteiger partial charge in [0.1, 0.15) is 19.3 Å². The molecule has 396 valence electrons. The van der Waals surface area contributed by atoms with Crippen LogP contribution in [0.2, 0.25) is 0 Å². The first-order valence-electron chi connectivity index (χ1n) is 25.8. The molecule has 0 rings (SSSR count). The number of hydrogen-bond donors (Lipinski definition) is 3. The zero-order chi connectivity index (χ0) is 49.9. The highest BCUT2D eigenvalue weighted by Crippen LogP contribution is 2.45. The van der Waals surface area contributed by atoms with Gasteiger partial charge in [-0.1, -0.05) is 175 Å². The fraction of sp³-hybridized carbons (Fsp3) is 0.917. The van der Waals surface area contributed by atoms with Crippen LogP contribution in [0.4, 0.5) is 0 Å². The van der Waals surface area contributed by atoms with E-state index in [9.17, 15) is 43.2 Å². The number of unbranched alkanes of at least 4 members (excludes halogenated alkanes) is 23. The van der Waals surface area contributed by atoms with E-state index >= 15 is 0 Å². The van der Waals surface area contributed by atoms with Gasteiger partial charge in [-0.15, -0.1) is 0 Å². The van der Waals surface area contributed by atoms with Crippen LogP contribution in [0.1, 0.15) is 227 Å². The fourth-order valence-electron chi connectivity index (χ4n) is 6.80. The lowest BCUT2D eigenvalue weighted by Crippen LogP contribution is -2.30. The molecule has 0 spiro atoms. The fourth-order valence-corrected chi connectivity index (χ4v) is 8.38. The maximum atomic E-state index is 12.7. The normalized spacial score (nSPS) is 14.7. The monoisotopic (exact) mass is 1000 g/mol. The summed E-state index contributed by atoms with van der Waals surface area (Å²) in [5.41, 5.74) is 0. The highest BCUT2D eigenvalue weighted by atomic mass is 31.2. The van der Waals surface area contributed by atoms with Gasteiger partial charge in [-0.2, -0.15) is 0 Å². The molecule has 0 fully saturated rings. The Hall–Kier alpha value is -1.94. The molecule has 0 aromatic carbocycles. The minimum absolute atomic E-state index is 0.0889. The summed E-state index contributed by atoms with van der Waals surface area (Å²) >= 11 is 0. The molecule has 0 heterocycles. The number of phosphoric ester groups is 2. The summed E-state index contributed by atoms with van der Waals surface area (Å²) in [6.45, 7) is 4.37. The largest absolute Gasteiger partial charge is 0.472 e. The van der Waals surface area contributed by atoms with Crippen molar-refractivity contribution in [2.45, 2.75) is 245 Å². The molecule has 3 N–H and O–H groups in total. The SMILES string of the molecule is CCCCCCCCCCCCCCCCCC(=O)O[C@H](COC(=O)CCCCCC)COP(=O)(O)OC[C@@H](O)COP(=O)(O)OC[C@@H](COC(=O)CCCCCCC)OC(=O)CCCCC. The van der Waals surface area contributed by atoms with Gasteiger partial charge in [0.05, 0.1) is 26.4 Å². The van der Waals surface area contributed by atoms with Gasteiger partial charge in [0.25, 0.3) is 0 Å². The second-order valence-electron chi connectivity index (χ2n) is 17.5. The molecule has 0 aliphatic rings. The average Bonchev–Trinajstić information content (AvgIpc) is 3.29. The van der Waals surface area contributed by atoms with Crippen LogP contribution < -0.4 is 0 Å². The summed E-state index contributed by atoms with van der Waals surface area (Å²) in [5.74, 6) is -2.21. The first-order chi connectivity index (χ1) is 32.2. The molecular weight excluding hydrogens is 910 g/mol. The van der Waals surface area contributed by atoms with Gasteiger partial charge in [-0.05, 0) is 25.7 Å². The van der Waals surface area contributed by atoms with Crippen molar-refractivity contribution in [3.63, 3.8) is 0 Å². The lowest BCUT2D eigenvalue weighted by Gasteiger charge is -2.21. The minimum Gasteiger partial charge on any atom is -0.462 e. The maximum absolute atomic E-state index is 12.7.